The van der Waals surface area contributed by atoms with E-state index < -0.39 is 17.6 Å². The van der Waals surface area contributed by atoms with Crippen molar-refractivity contribution in [3.63, 3.8) is 0 Å². The number of hydrogen-bond acceptors (Lipinski definition) is 11. The Balaban J connectivity index is 1.47. The average Bonchev–Trinajstić information content (AvgIpc) is 3.45. The Morgan fingerprint density at radius 3 is 2.78 bits per heavy atom. The van der Waals surface area contributed by atoms with Crippen LogP contribution in [0.25, 0.3) is 0 Å². The predicted octanol–water partition coefficient (Wildman–Crippen LogP) is 4.73. The number of anilines is 2. The molecule has 2 aromatic carbocycles. The molecule has 1 aliphatic carbocycles. The number of ketones is 1. The number of amides is 1. The lowest BCUT2D eigenvalue weighted by Gasteiger charge is -2.38. The number of benzene rings is 2. The first-order chi connectivity index (χ1) is 19.9. The quantitative estimate of drug-likeness (QED) is 0.352. The van der Waals surface area contributed by atoms with Crippen molar-refractivity contribution in [1.29, 1.82) is 5.26 Å². The molecule has 210 valence electrons. The zero-order chi connectivity index (χ0) is 29.1. The Morgan fingerprint density at radius 2 is 2.05 bits per heavy atom. The number of para-hydroxylation sites is 1. The van der Waals surface area contributed by atoms with E-state index in [1.165, 1.54) is 43.8 Å². The molecule has 1 aliphatic heterocycles. The van der Waals surface area contributed by atoms with Crippen molar-refractivity contribution in [3.8, 4) is 17.6 Å². The number of nitrogens with two attached hydrogens (primary N) is 1. The van der Waals surface area contributed by atoms with E-state index in [0.29, 0.717) is 57.1 Å². The Hall–Kier alpha value is -4.41. The van der Waals surface area contributed by atoms with Crippen LogP contribution in [0.5, 0.6) is 11.5 Å². The highest BCUT2D eigenvalue weighted by Gasteiger charge is 2.42. The van der Waals surface area contributed by atoms with Crippen molar-refractivity contribution in [1.82, 2.24) is 10.2 Å². The lowest BCUT2D eigenvalue weighted by atomic mass is 9.75. The molecule has 1 atom stereocenters. The van der Waals surface area contributed by atoms with Crippen molar-refractivity contribution >= 4 is 45.6 Å². The molecule has 10 nitrogen and oxygen atoms in total. The first-order valence-corrected chi connectivity index (χ1v) is 14.3. The van der Waals surface area contributed by atoms with Gasteiger partial charge in [-0.15, -0.1) is 10.2 Å². The first-order valence-electron chi connectivity index (χ1n) is 12.5. The molecule has 2 aliphatic rings. The third-order valence-electron chi connectivity index (χ3n) is 6.72. The second-order valence-corrected chi connectivity index (χ2v) is 11.3. The van der Waals surface area contributed by atoms with E-state index in [0.717, 1.165) is 11.8 Å². The second kappa shape index (κ2) is 12.0. The highest BCUT2D eigenvalue weighted by atomic mass is 32.2. The molecule has 2 heterocycles. The van der Waals surface area contributed by atoms with Crippen molar-refractivity contribution in [3.05, 3.63) is 76.5 Å². The summed E-state index contributed by atoms with van der Waals surface area (Å²) in [6.45, 7) is 0. The van der Waals surface area contributed by atoms with Gasteiger partial charge in [-0.1, -0.05) is 35.2 Å². The second-order valence-electron chi connectivity index (χ2n) is 9.09. The zero-order valence-electron chi connectivity index (χ0n) is 22.1. The molecule has 1 unspecified atom stereocenters. The van der Waals surface area contributed by atoms with Gasteiger partial charge in [0.25, 0.3) is 0 Å². The summed E-state index contributed by atoms with van der Waals surface area (Å²) in [5, 5.41) is 21.7. The van der Waals surface area contributed by atoms with Crippen LogP contribution in [0.2, 0.25) is 0 Å². The van der Waals surface area contributed by atoms with Gasteiger partial charge in [-0.2, -0.15) is 5.26 Å². The number of nitriles is 1. The highest BCUT2D eigenvalue weighted by molar-refractivity contribution is 8.01. The van der Waals surface area contributed by atoms with Crippen LogP contribution in [0.4, 0.5) is 15.2 Å². The third-order valence-corrected chi connectivity index (χ3v) is 8.76. The molecule has 5 rings (SSSR count). The SMILES string of the molecule is COc1ccc(OC)c(C2C(C#N)=C(N)N(c3nnc(SCC(=O)Nc4ccccc4F)s3)C3=C2C(=O)CCC3)c1. The Kier molecular flexibility index (Phi) is 8.23. The normalized spacial score (nSPS) is 16.8. The predicted molar refractivity (Wildman–Crippen MR) is 153 cm³/mol. The van der Waals surface area contributed by atoms with Gasteiger partial charge in [-0.05, 0) is 43.2 Å². The Labute approximate surface area is 243 Å². The third kappa shape index (κ3) is 5.48. The van der Waals surface area contributed by atoms with Crippen molar-refractivity contribution in [2.75, 3.05) is 30.2 Å². The zero-order valence-corrected chi connectivity index (χ0v) is 23.8. The maximum atomic E-state index is 13.9. The highest BCUT2D eigenvalue weighted by Crippen LogP contribution is 2.49. The van der Waals surface area contributed by atoms with Gasteiger partial charge in [-0.3, -0.25) is 14.5 Å². The minimum atomic E-state index is -0.743. The van der Waals surface area contributed by atoms with Crippen LogP contribution in [0.3, 0.4) is 0 Å². The number of carbonyl (C=O) groups excluding carboxylic acids is 2. The molecule has 0 radical (unpaired) electrons. The average molecular weight is 593 g/mol. The smallest absolute Gasteiger partial charge is 0.234 e. The molecule has 3 aromatic rings. The molecule has 0 spiro atoms. The number of halogens is 1. The van der Waals surface area contributed by atoms with E-state index >= 15 is 0 Å². The number of thioether (sulfide) groups is 1. The minimum absolute atomic E-state index is 0.0259. The molecule has 0 saturated carbocycles. The van der Waals surface area contributed by atoms with Gasteiger partial charge in [0.1, 0.15) is 23.1 Å². The van der Waals surface area contributed by atoms with Crippen LogP contribution >= 0.6 is 23.1 Å². The standard InChI is InChI=1S/C28H25FN6O4S2/c1-38-15-10-11-22(39-2)16(12-15)24-17(13-30)26(31)35(20-8-5-9-21(36)25(20)24)27-33-34-28(41-27)40-14-23(37)32-19-7-4-3-6-18(19)29/h3-4,6-7,10-12,24H,5,8-9,14,31H2,1-2H3,(H,32,37). The Bertz CT molecular complexity index is 1630. The number of nitrogens with zero attached hydrogens (tertiary/aromatic N) is 4. The molecule has 0 saturated heterocycles. The van der Waals surface area contributed by atoms with Crippen LogP contribution in [-0.2, 0) is 9.59 Å². The number of allylic oxidation sites excluding steroid dienone is 3. The first kappa shape index (κ1) is 28.1. The molecule has 41 heavy (non-hydrogen) atoms. The van der Waals surface area contributed by atoms with Crippen molar-refractivity contribution in [2.45, 2.75) is 29.5 Å². The van der Waals surface area contributed by atoms with Gasteiger partial charge >= 0.3 is 0 Å². The summed E-state index contributed by atoms with van der Waals surface area (Å²) in [4.78, 5) is 27.4. The maximum Gasteiger partial charge on any atom is 0.234 e. The number of hydrogen-bond donors (Lipinski definition) is 2. The van der Waals surface area contributed by atoms with Gasteiger partial charge < -0.3 is 20.5 Å². The van der Waals surface area contributed by atoms with Gasteiger partial charge in [0, 0.05) is 23.3 Å². The number of methoxy groups -OCH3 is 2. The summed E-state index contributed by atoms with van der Waals surface area (Å²) in [7, 11) is 3.06. The monoisotopic (exact) mass is 592 g/mol. The van der Waals surface area contributed by atoms with E-state index in [4.69, 9.17) is 15.2 Å². The number of aromatic nitrogens is 2. The molecular weight excluding hydrogens is 567 g/mol. The molecule has 1 amide bonds. The molecule has 3 N–H and O–H groups in total. The molecular formula is C28H25FN6O4S2. The van der Waals surface area contributed by atoms with Crippen LogP contribution in [-0.4, -0.2) is 41.9 Å². The van der Waals surface area contributed by atoms with Crippen LogP contribution < -0.4 is 25.4 Å². The van der Waals surface area contributed by atoms with Gasteiger partial charge in [-0.25, -0.2) is 4.39 Å². The van der Waals surface area contributed by atoms with E-state index in [1.807, 2.05) is 0 Å². The van der Waals surface area contributed by atoms with E-state index in [-0.39, 0.29) is 28.6 Å². The number of carbonyl (C=O) groups is 2. The van der Waals surface area contributed by atoms with Gasteiger partial charge in [0.15, 0.2) is 10.1 Å². The van der Waals surface area contributed by atoms with Crippen molar-refractivity contribution < 1.29 is 23.5 Å². The molecule has 13 heteroatoms. The van der Waals surface area contributed by atoms with Crippen LogP contribution in [0.1, 0.15) is 30.7 Å². The largest absolute Gasteiger partial charge is 0.497 e. The maximum absolute atomic E-state index is 13.9. The summed E-state index contributed by atoms with van der Waals surface area (Å²) < 4.78 is 25.3. The summed E-state index contributed by atoms with van der Waals surface area (Å²) in [5.74, 6) is -0.599. The van der Waals surface area contributed by atoms with Gasteiger partial charge in [0.05, 0.1) is 43.2 Å². The number of Topliss-reactive ketones (excluding diaryl/α,β-unsaturated/α-hetero) is 1. The van der Waals surface area contributed by atoms with E-state index in [2.05, 4.69) is 21.6 Å². The fourth-order valence-electron chi connectivity index (χ4n) is 4.91. The summed E-state index contributed by atoms with van der Waals surface area (Å²) in [6, 6.07) is 13.3. The van der Waals surface area contributed by atoms with Gasteiger partial charge in [0.2, 0.25) is 11.0 Å². The number of ether oxygens (including phenoxy) is 2. The molecule has 0 fully saturated rings. The minimum Gasteiger partial charge on any atom is -0.497 e. The summed E-state index contributed by atoms with van der Waals surface area (Å²) in [5.41, 5.74) is 8.62. The molecule has 0 bridgehead atoms. The van der Waals surface area contributed by atoms with Crippen LogP contribution in [0, 0.1) is 17.1 Å². The lowest BCUT2D eigenvalue weighted by molar-refractivity contribution is -0.116. The van der Waals surface area contributed by atoms with E-state index in [1.54, 1.807) is 29.2 Å². The fourth-order valence-corrected chi connectivity index (χ4v) is 6.59. The van der Waals surface area contributed by atoms with E-state index in [9.17, 15) is 19.2 Å². The number of nitrogens with one attached hydrogen (secondary N) is 1. The lowest BCUT2D eigenvalue weighted by Crippen LogP contribution is -2.38. The fraction of sp³-hybridized carbons (Fsp3) is 0.250. The summed E-state index contributed by atoms with van der Waals surface area (Å²) in [6.07, 6.45) is 1.49. The van der Waals surface area contributed by atoms with Crippen molar-refractivity contribution in [2.24, 2.45) is 5.73 Å². The Morgan fingerprint density at radius 1 is 1.24 bits per heavy atom. The number of rotatable bonds is 8. The molecule has 1 aromatic heterocycles. The topological polar surface area (TPSA) is 143 Å². The van der Waals surface area contributed by atoms with Crippen LogP contribution in [0.15, 0.2) is 69.5 Å². The summed E-state index contributed by atoms with van der Waals surface area (Å²) >= 11 is 2.30.